The van der Waals surface area contributed by atoms with E-state index in [9.17, 15) is 14.9 Å². The number of methoxy groups -OCH3 is 2. The summed E-state index contributed by atoms with van der Waals surface area (Å²) in [6, 6.07) is 8.17. The number of carbonyl (C=O) groups excluding carboxylic acids is 1. The fourth-order valence-electron chi connectivity index (χ4n) is 2.06. The molecule has 132 valence electrons. The standard InChI is InChI=1S/C16H18N4O5/c1-24-13-6-3-11(9-14(13)25-2)4-8-16(21)19-18-15-7-5-12(10-17-15)20(22)23/h3,5-7,9-10H,4,8H2,1-2H3,(H,17,18)(H,19,21). The summed E-state index contributed by atoms with van der Waals surface area (Å²) in [7, 11) is 3.11. The van der Waals surface area contributed by atoms with Crippen LogP contribution in [0.3, 0.4) is 0 Å². The lowest BCUT2D eigenvalue weighted by atomic mass is 10.1. The first-order valence-electron chi connectivity index (χ1n) is 7.39. The van der Waals surface area contributed by atoms with Crippen LogP contribution in [0.25, 0.3) is 0 Å². The summed E-state index contributed by atoms with van der Waals surface area (Å²) < 4.78 is 10.4. The van der Waals surface area contributed by atoms with E-state index in [-0.39, 0.29) is 18.0 Å². The topological polar surface area (TPSA) is 116 Å². The largest absolute Gasteiger partial charge is 0.493 e. The lowest BCUT2D eigenvalue weighted by Crippen LogP contribution is -2.29. The van der Waals surface area contributed by atoms with E-state index in [0.717, 1.165) is 11.8 Å². The maximum atomic E-state index is 11.9. The van der Waals surface area contributed by atoms with Gasteiger partial charge in [-0.15, -0.1) is 0 Å². The number of hydrazine groups is 1. The summed E-state index contributed by atoms with van der Waals surface area (Å²) in [5.41, 5.74) is 5.91. The first kappa shape index (κ1) is 18.0. The molecule has 1 heterocycles. The SMILES string of the molecule is COc1ccc(CCC(=O)NNc2ccc([N+](=O)[O-])cn2)cc1OC. The van der Waals surface area contributed by atoms with Crippen LogP contribution in [0.2, 0.25) is 0 Å². The molecule has 2 N–H and O–H groups in total. The average Bonchev–Trinajstić information content (AvgIpc) is 2.64. The Bertz CT molecular complexity index is 749. The number of rotatable bonds is 8. The summed E-state index contributed by atoms with van der Waals surface area (Å²) >= 11 is 0. The molecule has 2 rings (SSSR count). The summed E-state index contributed by atoms with van der Waals surface area (Å²) in [6.45, 7) is 0. The minimum Gasteiger partial charge on any atom is -0.493 e. The Morgan fingerprint density at radius 2 is 1.96 bits per heavy atom. The van der Waals surface area contributed by atoms with Gasteiger partial charge in [-0.1, -0.05) is 6.07 Å². The molecule has 0 saturated carbocycles. The summed E-state index contributed by atoms with van der Waals surface area (Å²) in [5.74, 6) is 1.30. The van der Waals surface area contributed by atoms with E-state index in [1.165, 1.54) is 12.1 Å². The van der Waals surface area contributed by atoms with Crippen molar-refractivity contribution >= 4 is 17.4 Å². The highest BCUT2D eigenvalue weighted by Gasteiger charge is 2.08. The zero-order chi connectivity index (χ0) is 18.2. The third-order valence-electron chi connectivity index (χ3n) is 3.38. The van der Waals surface area contributed by atoms with Gasteiger partial charge in [0.2, 0.25) is 5.91 Å². The van der Waals surface area contributed by atoms with Gasteiger partial charge in [0.05, 0.1) is 19.1 Å². The van der Waals surface area contributed by atoms with Crippen LogP contribution in [0.4, 0.5) is 11.5 Å². The molecule has 2 aromatic rings. The Balaban J connectivity index is 1.83. The summed E-state index contributed by atoms with van der Waals surface area (Å²) in [6.07, 6.45) is 1.87. The van der Waals surface area contributed by atoms with Crippen molar-refractivity contribution in [2.24, 2.45) is 0 Å². The van der Waals surface area contributed by atoms with Gasteiger partial charge in [0, 0.05) is 12.5 Å². The second-order valence-electron chi connectivity index (χ2n) is 5.02. The molecule has 0 aliphatic heterocycles. The van der Waals surface area contributed by atoms with Crippen LogP contribution < -0.4 is 20.3 Å². The number of nitro groups is 1. The highest BCUT2D eigenvalue weighted by Crippen LogP contribution is 2.27. The molecule has 9 nitrogen and oxygen atoms in total. The molecule has 0 unspecified atom stereocenters. The van der Waals surface area contributed by atoms with Gasteiger partial charge in [0.1, 0.15) is 12.0 Å². The number of benzene rings is 1. The van der Waals surface area contributed by atoms with Crippen LogP contribution >= 0.6 is 0 Å². The predicted octanol–water partition coefficient (Wildman–Crippen LogP) is 2.08. The fourth-order valence-corrected chi connectivity index (χ4v) is 2.06. The van der Waals surface area contributed by atoms with Crippen LogP contribution in [0.15, 0.2) is 36.5 Å². The van der Waals surface area contributed by atoms with E-state index in [2.05, 4.69) is 15.8 Å². The lowest BCUT2D eigenvalue weighted by Gasteiger charge is -2.10. The molecular formula is C16H18N4O5. The summed E-state index contributed by atoms with van der Waals surface area (Å²) in [5, 5.41) is 10.5. The van der Waals surface area contributed by atoms with Gasteiger partial charge in [0.25, 0.3) is 5.69 Å². The van der Waals surface area contributed by atoms with Crippen LogP contribution in [0.5, 0.6) is 11.5 Å². The van der Waals surface area contributed by atoms with Gasteiger partial charge in [0.15, 0.2) is 11.5 Å². The third-order valence-corrected chi connectivity index (χ3v) is 3.38. The molecule has 0 bridgehead atoms. The zero-order valence-corrected chi connectivity index (χ0v) is 13.8. The predicted molar refractivity (Wildman–Crippen MR) is 90.5 cm³/mol. The normalized spacial score (nSPS) is 10.0. The maximum absolute atomic E-state index is 11.9. The Morgan fingerprint density at radius 1 is 1.20 bits per heavy atom. The Hall–Kier alpha value is -3.36. The Labute approximate surface area is 144 Å². The number of aryl methyl sites for hydroxylation is 1. The van der Waals surface area contributed by atoms with Gasteiger partial charge in [-0.25, -0.2) is 4.98 Å². The highest BCUT2D eigenvalue weighted by atomic mass is 16.6. The van der Waals surface area contributed by atoms with Crippen molar-refractivity contribution in [3.8, 4) is 11.5 Å². The number of anilines is 1. The third kappa shape index (κ3) is 5.06. The molecule has 0 fully saturated rings. The molecular weight excluding hydrogens is 328 g/mol. The molecule has 0 saturated heterocycles. The van der Waals surface area contributed by atoms with Crippen LogP contribution in [0.1, 0.15) is 12.0 Å². The molecule has 0 spiro atoms. The van der Waals surface area contributed by atoms with Crippen molar-refractivity contribution in [2.45, 2.75) is 12.8 Å². The van der Waals surface area contributed by atoms with Gasteiger partial charge in [-0.2, -0.15) is 0 Å². The molecule has 25 heavy (non-hydrogen) atoms. The van der Waals surface area contributed by atoms with Crippen LogP contribution in [0, 0.1) is 10.1 Å². The molecule has 9 heteroatoms. The molecule has 0 atom stereocenters. The second kappa shape index (κ2) is 8.48. The minimum atomic E-state index is -0.543. The lowest BCUT2D eigenvalue weighted by molar-refractivity contribution is -0.385. The molecule has 0 radical (unpaired) electrons. The van der Waals surface area contributed by atoms with Crippen molar-refractivity contribution in [3.05, 3.63) is 52.2 Å². The molecule has 0 aliphatic rings. The molecule has 1 aromatic carbocycles. The van der Waals surface area contributed by atoms with E-state index in [4.69, 9.17) is 9.47 Å². The van der Waals surface area contributed by atoms with Crippen molar-refractivity contribution in [2.75, 3.05) is 19.6 Å². The number of hydrogen-bond acceptors (Lipinski definition) is 7. The smallest absolute Gasteiger partial charge is 0.287 e. The van der Waals surface area contributed by atoms with Gasteiger partial charge < -0.3 is 9.47 Å². The minimum absolute atomic E-state index is 0.120. The average molecular weight is 346 g/mol. The first-order valence-corrected chi connectivity index (χ1v) is 7.39. The summed E-state index contributed by atoms with van der Waals surface area (Å²) in [4.78, 5) is 25.7. The number of aromatic nitrogens is 1. The first-order chi connectivity index (χ1) is 12.0. The monoisotopic (exact) mass is 346 g/mol. The van der Waals surface area contributed by atoms with E-state index in [1.807, 2.05) is 12.1 Å². The molecule has 1 aromatic heterocycles. The van der Waals surface area contributed by atoms with Gasteiger partial charge >= 0.3 is 0 Å². The zero-order valence-electron chi connectivity index (χ0n) is 13.8. The van der Waals surface area contributed by atoms with Crippen LogP contribution in [-0.2, 0) is 11.2 Å². The molecule has 1 amide bonds. The fraction of sp³-hybridized carbons (Fsp3) is 0.250. The van der Waals surface area contributed by atoms with E-state index in [1.54, 1.807) is 20.3 Å². The van der Waals surface area contributed by atoms with Crippen LogP contribution in [-0.4, -0.2) is 30.0 Å². The Morgan fingerprint density at radius 3 is 2.56 bits per heavy atom. The van der Waals surface area contributed by atoms with E-state index >= 15 is 0 Å². The van der Waals surface area contributed by atoms with E-state index in [0.29, 0.717) is 23.7 Å². The van der Waals surface area contributed by atoms with Gasteiger partial charge in [-0.3, -0.25) is 25.8 Å². The van der Waals surface area contributed by atoms with Crippen molar-refractivity contribution in [1.29, 1.82) is 0 Å². The van der Waals surface area contributed by atoms with E-state index < -0.39 is 4.92 Å². The van der Waals surface area contributed by atoms with Crippen molar-refractivity contribution in [1.82, 2.24) is 10.4 Å². The number of carbonyl (C=O) groups is 1. The van der Waals surface area contributed by atoms with Crippen molar-refractivity contribution < 1.29 is 19.2 Å². The number of nitrogens with one attached hydrogen (secondary N) is 2. The molecule has 0 aliphatic carbocycles. The number of nitrogens with zero attached hydrogens (tertiary/aromatic N) is 2. The maximum Gasteiger partial charge on any atom is 0.287 e. The number of hydrogen-bond donors (Lipinski definition) is 2. The second-order valence-corrected chi connectivity index (χ2v) is 5.02. The number of amides is 1. The Kier molecular flexibility index (Phi) is 6.10. The highest BCUT2D eigenvalue weighted by molar-refractivity contribution is 5.77. The van der Waals surface area contributed by atoms with Gasteiger partial charge in [-0.05, 0) is 30.2 Å². The number of pyridine rings is 1. The quantitative estimate of drug-likeness (QED) is 0.555. The van der Waals surface area contributed by atoms with Crippen molar-refractivity contribution in [3.63, 3.8) is 0 Å². The number of ether oxygens (including phenoxy) is 2.